The molecule has 3 heteroatoms. The molecule has 1 aromatic heterocycles. The summed E-state index contributed by atoms with van der Waals surface area (Å²) in [6.07, 6.45) is 15.3. The molecule has 0 radical (unpaired) electrons. The Morgan fingerprint density at radius 3 is 3.05 bits per heavy atom. The highest BCUT2D eigenvalue weighted by atomic mass is 32.1. The van der Waals surface area contributed by atoms with Gasteiger partial charge in [0.05, 0.1) is 5.69 Å². The Labute approximate surface area is 116 Å². The third-order valence-corrected chi connectivity index (χ3v) is 3.98. The number of nitrogens with two attached hydrogens (primary N) is 1. The molecule has 0 aromatic carbocycles. The van der Waals surface area contributed by atoms with E-state index in [4.69, 9.17) is 5.73 Å². The Hall–Kier alpha value is -2.05. The van der Waals surface area contributed by atoms with Gasteiger partial charge < -0.3 is 5.73 Å². The van der Waals surface area contributed by atoms with E-state index in [2.05, 4.69) is 40.8 Å². The number of aromatic nitrogens is 1. The smallest absolute Gasteiger partial charge is 0.180 e. The predicted octanol–water partition coefficient (Wildman–Crippen LogP) is 3.81. The van der Waals surface area contributed by atoms with Gasteiger partial charge in [0.25, 0.3) is 0 Å². The second-order valence-corrected chi connectivity index (χ2v) is 5.59. The molecular weight excluding hydrogens is 252 g/mol. The van der Waals surface area contributed by atoms with Gasteiger partial charge in [-0.05, 0) is 30.6 Å². The Kier molecular flexibility index (Phi) is 3.35. The van der Waals surface area contributed by atoms with E-state index in [1.807, 2.05) is 12.2 Å². The lowest BCUT2D eigenvalue weighted by atomic mass is 9.99. The second-order valence-electron chi connectivity index (χ2n) is 4.48. The first-order valence-corrected chi connectivity index (χ1v) is 7.13. The van der Waals surface area contributed by atoms with E-state index in [1.165, 1.54) is 10.5 Å². The van der Waals surface area contributed by atoms with Gasteiger partial charge >= 0.3 is 0 Å². The van der Waals surface area contributed by atoms with Crippen LogP contribution in [0.5, 0.6) is 0 Å². The van der Waals surface area contributed by atoms with Crippen LogP contribution in [-0.4, -0.2) is 4.98 Å². The zero-order chi connectivity index (χ0) is 13.1. The molecule has 0 unspecified atom stereocenters. The number of hydrogen-bond donors (Lipinski definition) is 1. The summed E-state index contributed by atoms with van der Waals surface area (Å²) in [4.78, 5) is 5.72. The van der Waals surface area contributed by atoms with Crippen LogP contribution < -0.4 is 5.73 Å². The van der Waals surface area contributed by atoms with Crippen LogP contribution in [0.15, 0.2) is 53.5 Å². The van der Waals surface area contributed by atoms with Crippen LogP contribution in [0.4, 0.5) is 5.13 Å². The summed E-state index contributed by atoms with van der Waals surface area (Å²) in [5.74, 6) is 0. The van der Waals surface area contributed by atoms with E-state index >= 15 is 0 Å². The SMILES string of the molecule is Nc1nc(C2=CC=CCC2)c(CC2=C=C=CC=C2)s1. The molecule has 2 aliphatic rings. The Balaban J connectivity index is 1.95. The van der Waals surface area contributed by atoms with Crippen molar-refractivity contribution >= 4 is 22.0 Å². The molecule has 0 atom stereocenters. The van der Waals surface area contributed by atoms with Crippen LogP contribution in [0.25, 0.3) is 5.57 Å². The molecule has 0 saturated heterocycles. The summed E-state index contributed by atoms with van der Waals surface area (Å²) >= 11 is 1.57. The second kappa shape index (κ2) is 5.29. The molecule has 2 N–H and O–H groups in total. The van der Waals surface area contributed by atoms with Crippen molar-refractivity contribution in [2.75, 3.05) is 5.73 Å². The standard InChI is InChI=1S/C16H14N2S/c17-16-18-15(13-9-5-2-6-10-13)14(19-16)11-12-7-3-1-4-8-12/h1-3,5,7,9H,6,10-11H2,(H2,17,18). The highest BCUT2D eigenvalue weighted by Crippen LogP contribution is 2.32. The van der Waals surface area contributed by atoms with Gasteiger partial charge in [-0.1, -0.05) is 35.8 Å². The normalized spacial score (nSPS) is 16.6. The largest absolute Gasteiger partial charge is 0.375 e. The topological polar surface area (TPSA) is 38.9 Å². The molecule has 0 amide bonds. The lowest BCUT2D eigenvalue weighted by molar-refractivity contribution is 1.03. The summed E-state index contributed by atoms with van der Waals surface area (Å²) in [5.41, 5.74) is 15.5. The minimum Gasteiger partial charge on any atom is -0.375 e. The Morgan fingerprint density at radius 2 is 2.32 bits per heavy atom. The number of nitrogens with zero attached hydrogens (tertiary/aromatic N) is 1. The number of thiazole rings is 1. The number of anilines is 1. The van der Waals surface area contributed by atoms with E-state index in [-0.39, 0.29) is 0 Å². The fourth-order valence-corrected chi connectivity index (χ4v) is 3.10. The number of hydrogen-bond acceptors (Lipinski definition) is 3. The highest BCUT2D eigenvalue weighted by molar-refractivity contribution is 7.15. The van der Waals surface area contributed by atoms with Crippen LogP contribution in [-0.2, 0) is 6.42 Å². The monoisotopic (exact) mass is 266 g/mol. The van der Waals surface area contributed by atoms with Crippen molar-refractivity contribution < 1.29 is 0 Å². The van der Waals surface area contributed by atoms with Gasteiger partial charge in [0.2, 0.25) is 0 Å². The van der Waals surface area contributed by atoms with E-state index in [1.54, 1.807) is 11.3 Å². The summed E-state index contributed by atoms with van der Waals surface area (Å²) in [6.45, 7) is 0. The Morgan fingerprint density at radius 1 is 1.37 bits per heavy atom. The highest BCUT2D eigenvalue weighted by Gasteiger charge is 2.15. The first-order chi connectivity index (χ1) is 9.33. The van der Waals surface area contributed by atoms with Crippen LogP contribution in [0.3, 0.4) is 0 Å². The fourth-order valence-electron chi connectivity index (χ4n) is 2.21. The number of nitrogen functional groups attached to an aromatic ring is 1. The van der Waals surface area contributed by atoms with Gasteiger partial charge in [-0.3, -0.25) is 0 Å². The first-order valence-electron chi connectivity index (χ1n) is 6.31. The van der Waals surface area contributed by atoms with Crippen molar-refractivity contribution in [1.82, 2.24) is 4.98 Å². The summed E-state index contributed by atoms with van der Waals surface area (Å²) in [6, 6.07) is 0. The van der Waals surface area contributed by atoms with Crippen molar-refractivity contribution in [3.05, 3.63) is 64.1 Å². The molecule has 0 bridgehead atoms. The molecule has 2 aliphatic carbocycles. The molecular formula is C16H14N2S. The van der Waals surface area contributed by atoms with Crippen molar-refractivity contribution in [1.29, 1.82) is 0 Å². The van der Waals surface area contributed by atoms with E-state index < -0.39 is 0 Å². The van der Waals surface area contributed by atoms with E-state index in [0.29, 0.717) is 5.13 Å². The molecule has 19 heavy (non-hydrogen) atoms. The van der Waals surface area contributed by atoms with Gasteiger partial charge in [0.15, 0.2) is 5.13 Å². The third-order valence-electron chi connectivity index (χ3n) is 3.09. The lowest BCUT2D eigenvalue weighted by Gasteiger charge is -2.08. The van der Waals surface area contributed by atoms with Crippen molar-refractivity contribution in [2.45, 2.75) is 19.3 Å². The molecule has 3 rings (SSSR count). The van der Waals surface area contributed by atoms with Crippen molar-refractivity contribution in [2.24, 2.45) is 0 Å². The maximum absolute atomic E-state index is 5.88. The zero-order valence-electron chi connectivity index (χ0n) is 10.5. The quantitative estimate of drug-likeness (QED) is 0.845. The maximum atomic E-state index is 5.88. The van der Waals surface area contributed by atoms with Gasteiger partial charge in [-0.15, -0.1) is 11.3 Å². The predicted molar refractivity (Wildman–Crippen MR) is 80.8 cm³/mol. The van der Waals surface area contributed by atoms with Crippen LogP contribution in [0.2, 0.25) is 0 Å². The van der Waals surface area contributed by atoms with Gasteiger partial charge in [-0.2, -0.15) is 0 Å². The summed E-state index contributed by atoms with van der Waals surface area (Å²) in [7, 11) is 0. The van der Waals surface area contributed by atoms with Crippen LogP contribution in [0.1, 0.15) is 23.4 Å². The molecule has 94 valence electrons. The summed E-state index contributed by atoms with van der Waals surface area (Å²) in [5, 5.41) is 0.639. The number of rotatable bonds is 3. The van der Waals surface area contributed by atoms with Gasteiger partial charge in [0.1, 0.15) is 0 Å². The third kappa shape index (κ3) is 2.69. The molecule has 2 nitrogen and oxygen atoms in total. The number of allylic oxidation sites excluding steroid dienone is 8. The minimum absolute atomic E-state index is 0.639. The molecule has 1 heterocycles. The van der Waals surface area contributed by atoms with E-state index in [9.17, 15) is 0 Å². The van der Waals surface area contributed by atoms with Crippen LogP contribution >= 0.6 is 11.3 Å². The molecule has 0 fully saturated rings. The zero-order valence-corrected chi connectivity index (χ0v) is 11.3. The minimum atomic E-state index is 0.639. The van der Waals surface area contributed by atoms with Crippen molar-refractivity contribution in [3.8, 4) is 0 Å². The van der Waals surface area contributed by atoms with Crippen LogP contribution in [0, 0.1) is 0 Å². The van der Waals surface area contributed by atoms with Gasteiger partial charge in [-0.25, -0.2) is 4.98 Å². The maximum Gasteiger partial charge on any atom is 0.180 e. The summed E-state index contributed by atoms with van der Waals surface area (Å²) < 4.78 is 0. The first kappa shape index (κ1) is 12.0. The average molecular weight is 266 g/mol. The fraction of sp³-hybridized carbons (Fsp3) is 0.188. The molecule has 1 aromatic rings. The molecule has 0 aliphatic heterocycles. The average Bonchev–Trinajstić information content (AvgIpc) is 2.82. The lowest BCUT2D eigenvalue weighted by Crippen LogP contribution is -1.95. The molecule has 0 saturated carbocycles. The van der Waals surface area contributed by atoms with Crippen molar-refractivity contribution in [3.63, 3.8) is 0 Å². The Bertz CT molecular complexity index is 688. The van der Waals surface area contributed by atoms with Gasteiger partial charge in [0, 0.05) is 16.9 Å². The molecule has 0 spiro atoms. The van der Waals surface area contributed by atoms with E-state index in [0.717, 1.165) is 30.5 Å².